The predicted molar refractivity (Wildman–Crippen MR) is 80.9 cm³/mol. The Hall–Kier alpha value is -1.98. The molecule has 0 radical (unpaired) electrons. The van der Waals surface area contributed by atoms with Gasteiger partial charge in [0.2, 0.25) is 5.89 Å². The summed E-state index contributed by atoms with van der Waals surface area (Å²) < 4.78 is 10.6. The van der Waals surface area contributed by atoms with Gasteiger partial charge in [0.25, 0.3) is 0 Å². The van der Waals surface area contributed by atoms with E-state index in [2.05, 4.69) is 22.0 Å². The van der Waals surface area contributed by atoms with E-state index in [9.17, 15) is 0 Å². The predicted octanol–water partition coefficient (Wildman–Crippen LogP) is 2.34. The molecule has 2 aromatic rings. The molecule has 0 fully saturated rings. The summed E-state index contributed by atoms with van der Waals surface area (Å²) in [7, 11) is 0. The number of ether oxygens (including phenoxy) is 1. The number of aromatic nitrogens is 2. The van der Waals surface area contributed by atoms with Gasteiger partial charge in [-0.15, -0.1) is 0 Å². The van der Waals surface area contributed by atoms with Crippen molar-refractivity contribution in [2.75, 3.05) is 19.8 Å². The van der Waals surface area contributed by atoms with Crippen LogP contribution in [-0.2, 0) is 17.7 Å². The SMILES string of the molecule is C=C(C)COCCNCc1nc(Cc2ccccc2)no1. The molecular weight excluding hydrogens is 266 g/mol. The highest BCUT2D eigenvalue weighted by atomic mass is 16.5. The topological polar surface area (TPSA) is 60.2 Å². The van der Waals surface area contributed by atoms with Gasteiger partial charge in [0.1, 0.15) is 0 Å². The molecule has 1 N–H and O–H groups in total. The normalized spacial score (nSPS) is 10.7. The van der Waals surface area contributed by atoms with Crippen LogP contribution in [-0.4, -0.2) is 29.9 Å². The lowest BCUT2D eigenvalue weighted by atomic mass is 10.1. The zero-order valence-corrected chi connectivity index (χ0v) is 12.3. The van der Waals surface area contributed by atoms with E-state index in [-0.39, 0.29) is 0 Å². The Morgan fingerprint density at radius 1 is 1.33 bits per heavy atom. The molecule has 0 amide bonds. The summed E-state index contributed by atoms with van der Waals surface area (Å²) in [4.78, 5) is 4.36. The van der Waals surface area contributed by atoms with Crippen molar-refractivity contribution in [3.05, 3.63) is 59.8 Å². The van der Waals surface area contributed by atoms with E-state index >= 15 is 0 Å². The van der Waals surface area contributed by atoms with Crippen molar-refractivity contribution < 1.29 is 9.26 Å². The van der Waals surface area contributed by atoms with E-state index < -0.39 is 0 Å². The van der Waals surface area contributed by atoms with Crippen molar-refractivity contribution in [3.63, 3.8) is 0 Å². The fourth-order valence-corrected chi connectivity index (χ4v) is 1.80. The highest BCUT2D eigenvalue weighted by Crippen LogP contribution is 2.06. The number of hydrogen-bond donors (Lipinski definition) is 1. The van der Waals surface area contributed by atoms with Gasteiger partial charge >= 0.3 is 0 Å². The molecule has 0 saturated carbocycles. The van der Waals surface area contributed by atoms with Crippen LogP contribution in [0.4, 0.5) is 0 Å². The van der Waals surface area contributed by atoms with E-state index in [4.69, 9.17) is 9.26 Å². The van der Waals surface area contributed by atoms with Gasteiger partial charge < -0.3 is 14.6 Å². The van der Waals surface area contributed by atoms with Crippen LogP contribution in [0.1, 0.15) is 24.2 Å². The number of nitrogens with zero attached hydrogens (tertiary/aromatic N) is 2. The minimum absolute atomic E-state index is 0.554. The average Bonchev–Trinajstić information content (AvgIpc) is 2.91. The summed E-state index contributed by atoms with van der Waals surface area (Å²) in [6.07, 6.45) is 0.687. The van der Waals surface area contributed by atoms with Crippen molar-refractivity contribution in [2.45, 2.75) is 19.9 Å². The Bertz CT molecular complexity index is 552. The molecular formula is C16H21N3O2. The first-order valence-electron chi connectivity index (χ1n) is 7.02. The van der Waals surface area contributed by atoms with E-state index in [0.717, 1.165) is 12.1 Å². The van der Waals surface area contributed by atoms with E-state index in [0.29, 0.717) is 37.9 Å². The highest BCUT2D eigenvalue weighted by molar-refractivity contribution is 5.18. The Labute approximate surface area is 125 Å². The van der Waals surface area contributed by atoms with Crippen molar-refractivity contribution in [1.82, 2.24) is 15.5 Å². The number of benzene rings is 1. The van der Waals surface area contributed by atoms with Crippen LogP contribution in [0.2, 0.25) is 0 Å². The van der Waals surface area contributed by atoms with Gasteiger partial charge in [-0.2, -0.15) is 4.98 Å². The molecule has 2 rings (SSSR count). The molecule has 1 aromatic carbocycles. The second-order valence-corrected chi connectivity index (χ2v) is 4.95. The summed E-state index contributed by atoms with van der Waals surface area (Å²) in [5.74, 6) is 1.30. The summed E-state index contributed by atoms with van der Waals surface area (Å²) in [5.41, 5.74) is 2.20. The maximum Gasteiger partial charge on any atom is 0.240 e. The molecule has 21 heavy (non-hydrogen) atoms. The van der Waals surface area contributed by atoms with Crippen molar-refractivity contribution in [1.29, 1.82) is 0 Å². The smallest absolute Gasteiger partial charge is 0.240 e. The standard InChI is InChI=1S/C16H21N3O2/c1-13(2)12-20-9-8-17-11-16-18-15(19-21-16)10-14-6-4-3-5-7-14/h3-7,17H,1,8-12H2,2H3. The number of rotatable bonds is 9. The Morgan fingerprint density at radius 3 is 2.90 bits per heavy atom. The van der Waals surface area contributed by atoms with Gasteiger partial charge in [0.15, 0.2) is 5.82 Å². The maximum atomic E-state index is 5.39. The third-order valence-electron chi connectivity index (χ3n) is 2.76. The molecule has 0 spiro atoms. The Kier molecular flexibility index (Phi) is 6.12. The second kappa shape index (κ2) is 8.34. The molecule has 0 saturated heterocycles. The lowest BCUT2D eigenvalue weighted by Crippen LogP contribution is -2.19. The molecule has 0 aliphatic heterocycles. The van der Waals surface area contributed by atoms with Crippen LogP contribution < -0.4 is 5.32 Å². The summed E-state index contributed by atoms with van der Waals surface area (Å²) in [6, 6.07) is 10.1. The van der Waals surface area contributed by atoms with Crippen molar-refractivity contribution >= 4 is 0 Å². The molecule has 0 aliphatic carbocycles. The largest absolute Gasteiger partial charge is 0.376 e. The maximum absolute atomic E-state index is 5.39. The van der Waals surface area contributed by atoms with Crippen LogP contribution in [0, 0.1) is 0 Å². The van der Waals surface area contributed by atoms with Crippen molar-refractivity contribution in [2.24, 2.45) is 0 Å². The number of nitrogens with one attached hydrogen (secondary N) is 1. The summed E-state index contributed by atoms with van der Waals surface area (Å²) in [6.45, 7) is 8.25. The number of hydrogen-bond acceptors (Lipinski definition) is 5. The Morgan fingerprint density at radius 2 is 2.14 bits per heavy atom. The molecule has 1 heterocycles. The fourth-order valence-electron chi connectivity index (χ4n) is 1.80. The molecule has 5 nitrogen and oxygen atoms in total. The molecule has 0 aliphatic rings. The zero-order chi connectivity index (χ0) is 14.9. The minimum atomic E-state index is 0.554. The molecule has 0 bridgehead atoms. The molecule has 0 atom stereocenters. The molecule has 112 valence electrons. The van der Waals surface area contributed by atoms with Crippen LogP contribution in [0.3, 0.4) is 0 Å². The average molecular weight is 287 g/mol. The lowest BCUT2D eigenvalue weighted by Gasteiger charge is -2.03. The minimum Gasteiger partial charge on any atom is -0.376 e. The third kappa shape index (κ3) is 5.89. The monoisotopic (exact) mass is 287 g/mol. The van der Waals surface area contributed by atoms with Crippen LogP contribution >= 0.6 is 0 Å². The van der Waals surface area contributed by atoms with Gasteiger partial charge in [-0.1, -0.05) is 47.6 Å². The lowest BCUT2D eigenvalue weighted by molar-refractivity contribution is 0.157. The summed E-state index contributed by atoms with van der Waals surface area (Å²) >= 11 is 0. The van der Waals surface area contributed by atoms with E-state index in [1.54, 1.807) is 0 Å². The van der Waals surface area contributed by atoms with Gasteiger partial charge in [0, 0.05) is 13.0 Å². The third-order valence-corrected chi connectivity index (χ3v) is 2.76. The fraction of sp³-hybridized carbons (Fsp3) is 0.375. The second-order valence-electron chi connectivity index (χ2n) is 4.95. The zero-order valence-electron chi connectivity index (χ0n) is 12.3. The van der Waals surface area contributed by atoms with Gasteiger partial charge in [0.05, 0.1) is 19.8 Å². The van der Waals surface area contributed by atoms with Gasteiger partial charge in [-0.3, -0.25) is 0 Å². The van der Waals surface area contributed by atoms with Gasteiger partial charge in [-0.25, -0.2) is 0 Å². The first kappa shape index (κ1) is 15.4. The Balaban J connectivity index is 1.67. The van der Waals surface area contributed by atoms with Crippen molar-refractivity contribution in [3.8, 4) is 0 Å². The van der Waals surface area contributed by atoms with E-state index in [1.807, 2.05) is 37.3 Å². The first-order chi connectivity index (χ1) is 10.2. The van der Waals surface area contributed by atoms with Crippen LogP contribution in [0.15, 0.2) is 47.0 Å². The summed E-state index contributed by atoms with van der Waals surface area (Å²) in [5, 5.41) is 7.18. The molecule has 5 heteroatoms. The first-order valence-corrected chi connectivity index (χ1v) is 7.02. The van der Waals surface area contributed by atoms with Gasteiger partial charge in [-0.05, 0) is 12.5 Å². The quantitative estimate of drug-likeness (QED) is 0.566. The van der Waals surface area contributed by atoms with Crippen LogP contribution in [0.5, 0.6) is 0 Å². The highest BCUT2D eigenvalue weighted by Gasteiger charge is 2.06. The molecule has 0 unspecified atom stereocenters. The van der Waals surface area contributed by atoms with E-state index in [1.165, 1.54) is 5.56 Å². The molecule has 1 aromatic heterocycles. The van der Waals surface area contributed by atoms with Crippen LogP contribution in [0.25, 0.3) is 0 Å².